The van der Waals surface area contributed by atoms with Crippen LogP contribution in [0.3, 0.4) is 0 Å². The van der Waals surface area contributed by atoms with E-state index in [9.17, 15) is 8.78 Å². The van der Waals surface area contributed by atoms with Crippen LogP contribution in [0, 0.1) is 17.6 Å². The molecule has 0 aliphatic carbocycles. The van der Waals surface area contributed by atoms with Crippen molar-refractivity contribution in [3.05, 3.63) is 65.2 Å². The van der Waals surface area contributed by atoms with Crippen molar-refractivity contribution in [1.82, 2.24) is 5.32 Å². The van der Waals surface area contributed by atoms with Gasteiger partial charge in [-0.05, 0) is 48.6 Å². The number of allylic oxidation sites excluding steroid dienone is 2. The van der Waals surface area contributed by atoms with Gasteiger partial charge in [0.2, 0.25) is 6.79 Å². The molecule has 2 saturated heterocycles. The minimum Gasteiger partial charge on any atom is -0.491 e. The van der Waals surface area contributed by atoms with Crippen molar-refractivity contribution >= 4 is 0 Å². The SMILES string of the molecule is C=C1OCO/C1=C/C(=C\C)C1CNC(c2cc(F)c(OC)c(F)c2)C1. The third-order valence-electron chi connectivity index (χ3n) is 4.58. The molecule has 3 rings (SSSR count). The van der Waals surface area contributed by atoms with E-state index in [0.29, 0.717) is 23.6 Å². The molecule has 1 aromatic rings. The molecule has 1 N–H and O–H groups in total. The van der Waals surface area contributed by atoms with Gasteiger partial charge in [0.15, 0.2) is 28.9 Å². The van der Waals surface area contributed by atoms with Gasteiger partial charge in [0.05, 0.1) is 7.11 Å². The normalized spacial score (nSPS) is 25.2. The van der Waals surface area contributed by atoms with Gasteiger partial charge in [-0.25, -0.2) is 8.78 Å². The Kier molecular flexibility index (Phi) is 5.08. The standard InChI is InChI=1S/C19H21F2NO3/c1-4-12(8-18-11(2)24-10-25-18)14-7-17(22-9-14)13-5-15(20)19(23-3)16(21)6-13/h4-6,8,14,17,22H,2,7,9-10H2,1,3H3/b12-4+,18-8+. The molecular formula is C19H21F2NO3. The highest BCUT2D eigenvalue weighted by Crippen LogP contribution is 2.35. The van der Waals surface area contributed by atoms with Crippen LogP contribution in [0.15, 0.2) is 48.0 Å². The largest absolute Gasteiger partial charge is 0.491 e. The molecule has 6 heteroatoms. The number of methoxy groups -OCH3 is 1. The molecule has 25 heavy (non-hydrogen) atoms. The Bertz CT molecular complexity index is 719. The molecule has 0 amide bonds. The lowest BCUT2D eigenvalue weighted by atomic mass is 9.92. The van der Waals surface area contributed by atoms with Crippen LogP contribution in [-0.2, 0) is 9.47 Å². The Labute approximate surface area is 145 Å². The van der Waals surface area contributed by atoms with E-state index >= 15 is 0 Å². The molecule has 2 fully saturated rings. The molecule has 2 heterocycles. The van der Waals surface area contributed by atoms with Crippen molar-refractivity contribution in [2.75, 3.05) is 20.4 Å². The number of halogens is 2. The minimum atomic E-state index is -0.691. The Morgan fingerprint density at radius 3 is 2.60 bits per heavy atom. The highest BCUT2D eigenvalue weighted by atomic mass is 19.1. The summed E-state index contributed by atoms with van der Waals surface area (Å²) < 4.78 is 43.2. The van der Waals surface area contributed by atoms with E-state index in [1.165, 1.54) is 19.2 Å². The second-order valence-electron chi connectivity index (χ2n) is 6.04. The lowest BCUT2D eigenvalue weighted by Crippen LogP contribution is -2.14. The average Bonchev–Trinajstić information content (AvgIpc) is 3.21. The van der Waals surface area contributed by atoms with Crippen LogP contribution in [0.4, 0.5) is 8.78 Å². The predicted molar refractivity (Wildman–Crippen MR) is 89.8 cm³/mol. The third-order valence-corrected chi connectivity index (χ3v) is 4.58. The Morgan fingerprint density at radius 2 is 2.04 bits per heavy atom. The van der Waals surface area contributed by atoms with Gasteiger partial charge < -0.3 is 19.5 Å². The topological polar surface area (TPSA) is 39.7 Å². The molecule has 0 bridgehead atoms. The average molecular weight is 349 g/mol. The van der Waals surface area contributed by atoms with E-state index in [2.05, 4.69) is 11.9 Å². The van der Waals surface area contributed by atoms with Gasteiger partial charge >= 0.3 is 0 Å². The molecular weight excluding hydrogens is 328 g/mol. The van der Waals surface area contributed by atoms with Crippen molar-refractivity contribution in [3.8, 4) is 5.75 Å². The molecule has 0 aromatic heterocycles. The zero-order valence-corrected chi connectivity index (χ0v) is 14.3. The smallest absolute Gasteiger partial charge is 0.231 e. The van der Waals surface area contributed by atoms with Gasteiger partial charge in [-0.3, -0.25) is 0 Å². The summed E-state index contributed by atoms with van der Waals surface area (Å²) in [4.78, 5) is 0. The quantitative estimate of drug-likeness (QED) is 0.893. The highest BCUT2D eigenvalue weighted by Gasteiger charge is 2.29. The first kappa shape index (κ1) is 17.5. The maximum atomic E-state index is 13.9. The number of nitrogens with one attached hydrogen (secondary N) is 1. The molecule has 0 radical (unpaired) electrons. The second-order valence-corrected chi connectivity index (χ2v) is 6.04. The van der Waals surface area contributed by atoms with Crippen LogP contribution in [0.1, 0.15) is 24.9 Å². The molecule has 0 spiro atoms. The highest BCUT2D eigenvalue weighted by molar-refractivity contribution is 5.36. The van der Waals surface area contributed by atoms with E-state index in [0.717, 1.165) is 12.0 Å². The lowest BCUT2D eigenvalue weighted by Gasteiger charge is -2.14. The first-order valence-electron chi connectivity index (χ1n) is 8.12. The first-order valence-corrected chi connectivity index (χ1v) is 8.12. The molecule has 0 saturated carbocycles. The van der Waals surface area contributed by atoms with Crippen LogP contribution in [0.25, 0.3) is 0 Å². The first-order chi connectivity index (χ1) is 12.0. The molecule has 2 atom stereocenters. The predicted octanol–water partition coefficient (Wildman–Crippen LogP) is 3.97. The van der Waals surface area contributed by atoms with E-state index in [1.54, 1.807) is 0 Å². The summed E-state index contributed by atoms with van der Waals surface area (Å²) >= 11 is 0. The second kappa shape index (κ2) is 7.27. The summed E-state index contributed by atoms with van der Waals surface area (Å²) in [6.07, 6.45) is 4.65. The summed E-state index contributed by atoms with van der Waals surface area (Å²) in [5, 5.41) is 3.33. The number of hydrogen-bond donors (Lipinski definition) is 1. The zero-order chi connectivity index (χ0) is 18.0. The molecule has 134 valence electrons. The van der Waals surface area contributed by atoms with E-state index in [1.807, 2.05) is 19.1 Å². The van der Waals surface area contributed by atoms with Gasteiger partial charge in [0, 0.05) is 12.6 Å². The summed E-state index contributed by atoms with van der Waals surface area (Å²) in [6.45, 7) is 6.63. The van der Waals surface area contributed by atoms with Crippen molar-refractivity contribution in [3.63, 3.8) is 0 Å². The zero-order valence-electron chi connectivity index (χ0n) is 14.3. The van der Waals surface area contributed by atoms with Crippen LogP contribution >= 0.6 is 0 Å². The monoisotopic (exact) mass is 349 g/mol. The van der Waals surface area contributed by atoms with Gasteiger partial charge in [-0.2, -0.15) is 0 Å². The number of ether oxygens (including phenoxy) is 3. The maximum Gasteiger partial charge on any atom is 0.231 e. The van der Waals surface area contributed by atoms with Gasteiger partial charge in [-0.1, -0.05) is 12.7 Å². The summed E-state index contributed by atoms with van der Waals surface area (Å²) in [7, 11) is 1.25. The molecule has 2 aliphatic rings. The van der Waals surface area contributed by atoms with E-state index in [-0.39, 0.29) is 24.5 Å². The van der Waals surface area contributed by atoms with Crippen molar-refractivity contribution in [1.29, 1.82) is 0 Å². The number of rotatable bonds is 4. The molecule has 2 unspecified atom stereocenters. The van der Waals surface area contributed by atoms with E-state index in [4.69, 9.17) is 14.2 Å². The van der Waals surface area contributed by atoms with Crippen LogP contribution in [0.2, 0.25) is 0 Å². The summed E-state index contributed by atoms with van der Waals surface area (Å²) in [5.74, 6) is -0.395. The van der Waals surface area contributed by atoms with Crippen LogP contribution < -0.4 is 10.1 Å². The Balaban J connectivity index is 1.76. The number of benzene rings is 1. The fraction of sp³-hybridized carbons (Fsp3) is 0.368. The molecule has 2 aliphatic heterocycles. The Morgan fingerprint density at radius 1 is 1.32 bits per heavy atom. The maximum absolute atomic E-state index is 13.9. The number of hydrogen-bond acceptors (Lipinski definition) is 4. The summed E-state index contributed by atoms with van der Waals surface area (Å²) in [5.41, 5.74) is 1.65. The van der Waals surface area contributed by atoms with Gasteiger partial charge in [0.25, 0.3) is 0 Å². The molecule has 4 nitrogen and oxygen atoms in total. The van der Waals surface area contributed by atoms with Crippen molar-refractivity contribution < 1.29 is 23.0 Å². The van der Waals surface area contributed by atoms with Crippen LogP contribution in [0.5, 0.6) is 5.75 Å². The fourth-order valence-corrected chi connectivity index (χ4v) is 3.25. The third kappa shape index (κ3) is 3.54. The van der Waals surface area contributed by atoms with E-state index < -0.39 is 11.6 Å². The van der Waals surface area contributed by atoms with Crippen molar-refractivity contribution in [2.24, 2.45) is 5.92 Å². The summed E-state index contributed by atoms with van der Waals surface area (Å²) in [6, 6.07) is 2.52. The fourth-order valence-electron chi connectivity index (χ4n) is 3.25. The molecule has 1 aromatic carbocycles. The van der Waals surface area contributed by atoms with Gasteiger partial charge in [0.1, 0.15) is 0 Å². The Hall–Kier alpha value is -2.34. The minimum absolute atomic E-state index is 0.128. The van der Waals surface area contributed by atoms with Gasteiger partial charge in [-0.15, -0.1) is 0 Å². The van der Waals surface area contributed by atoms with Crippen molar-refractivity contribution in [2.45, 2.75) is 19.4 Å². The van der Waals surface area contributed by atoms with Crippen LogP contribution in [-0.4, -0.2) is 20.4 Å². The lowest BCUT2D eigenvalue weighted by molar-refractivity contribution is 0.0979.